The van der Waals surface area contributed by atoms with E-state index in [4.69, 9.17) is 11.6 Å². The number of halogens is 1. The van der Waals surface area contributed by atoms with Crippen LogP contribution in [0.2, 0.25) is 5.02 Å². The summed E-state index contributed by atoms with van der Waals surface area (Å²) in [6.07, 6.45) is 0. The first-order chi connectivity index (χ1) is 11.5. The Morgan fingerprint density at radius 3 is 2.62 bits per heavy atom. The lowest BCUT2D eigenvalue weighted by molar-refractivity contribution is -0.682. The van der Waals surface area contributed by atoms with E-state index in [9.17, 15) is 9.59 Å². The predicted octanol–water partition coefficient (Wildman–Crippen LogP) is 1.96. The van der Waals surface area contributed by atoms with Gasteiger partial charge in [0.25, 0.3) is 11.8 Å². The van der Waals surface area contributed by atoms with E-state index < -0.39 is 0 Å². The SMILES string of the molecule is CNC(=O)c1cccc(NC(=O)C[NH2+][C@H](C)c2cccc(Cl)c2)c1. The smallest absolute Gasteiger partial charge is 0.279 e. The van der Waals surface area contributed by atoms with Gasteiger partial charge in [-0.25, -0.2) is 0 Å². The first kappa shape index (κ1) is 18.0. The molecule has 5 nitrogen and oxygen atoms in total. The van der Waals surface area contributed by atoms with E-state index in [1.165, 1.54) is 0 Å². The molecule has 24 heavy (non-hydrogen) atoms. The summed E-state index contributed by atoms with van der Waals surface area (Å²) in [4.78, 5) is 23.7. The molecule has 0 fully saturated rings. The van der Waals surface area contributed by atoms with Crippen LogP contribution in [0.5, 0.6) is 0 Å². The number of hydrogen-bond donors (Lipinski definition) is 3. The van der Waals surface area contributed by atoms with Gasteiger partial charge in [-0.05, 0) is 37.3 Å². The molecule has 1 atom stereocenters. The second kappa shape index (κ2) is 8.47. The Morgan fingerprint density at radius 1 is 1.17 bits per heavy atom. The average molecular weight is 347 g/mol. The first-order valence-electron chi connectivity index (χ1n) is 7.70. The van der Waals surface area contributed by atoms with Crippen LogP contribution < -0.4 is 16.0 Å². The van der Waals surface area contributed by atoms with E-state index in [1.807, 2.05) is 36.5 Å². The van der Waals surface area contributed by atoms with E-state index in [1.54, 1.807) is 31.3 Å². The summed E-state index contributed by atoms with van der Waals surface area (Å²) in [5.41, 5.74) is 2.17. The van der Waals surface area contributed by atoms with Crippen molar-refractivity contribution in [1.29, 1.82) is 0 Å². The van der Waals surface area contributed by atoms with Gasteiger partial charge < -0.3 is 16.0 Å². The highest BCUT2D eigenvalue weighted by Crippen LogP contribution is 2.14. The van der Waals surface area contributed by atoms with Crippen LogP contribution in [0.15, 0.2) is 48.5 Å². The van der Waals surface area contributed by atoms with Gasteiger partial charge in [0, 0.05) is 28.9 Å². The van der Waals surface area contributed by atoms with E-state index in [-0.39, 0.29) is 24.4 Å². The summed E-state index contributed by atoms with van der Waals surface area (Å²) >= 11 is 5.99. The van der Waals surface area contributed by atoms with Crippen molar-refractivity contribution in [2.45, 2.75) is 13.0 Å². The molecule has 0 spiro atoms. The normalized spacial score (nSPS) is 11.6. The molecule has 2 aromatic carbocycles. The van der Waals surface area contributed by atoms with E-state index in [0.717, 1.165) is 5.56 Å². The van der Waals surface area contributed by atoms with Crippen LogP contribution in [0, 0.1) is 0 Å². The van der Waals surface area contributed by atoms with Gasteiger partial charge in [-0.1, -0.05) is 29.8 Å². The maximum absolute atomic E-state index is 12.1. The fraction of sp³-hybridized carbons (Fsp3) is 0.222. The third kappa shape index (κ3) is 5.08. The van der Waals surface area contributed by atoms with Crippen molar-refractivity contribution in [3.8, 4) is 0 Å². The minimum absolute atomic E-state index is 0.117. The molecular weight excluding hydrogens is 326 g/mol. The van der Waals surface area contributed by atoms with E-state index >= 15 is 0 Å². The fourth-order valence-electron chi connectivity index (χ4n) is 2.30. The molecule has 0 saturated carbocycles. The van der Waals surface area contributed by atoms with Gasteiger partial charge in [-0.15, -0.1) is 0 Å². The van der Waals surface area contributed by atoms with Crippen LogP contribution in [0.25, 0.3) is 0 Å². The number of hydrogen-bond acceptors (Lipinski definition) is 2. The number of anilines is 1. The van der Waals surface area contributed by atoms with Crippen molar-refractivity contribution in [2.75, 3.05) is 18.9 Å². The number of rotatable bonds is 6. The second-order valence-corrected chi connectivity index (χ2v) is 5.93. The molecule has 4 N–H and O–H groups in total. The lowest BCUT2D eigenvalue weighted by atomic mass is 10.1. The summed E-state index contributed by atoms with van der Waals surface area (Å²) in [5.74, 6) is -0.315. The van der Waals surface area contributed by atoms with E-state index in [0.29, 0.717) is 16.3 Å². The highest BCUT2D eigenvalue weighted by atomic mass is 35.5. The average Bonchev–Trinajstić information content (AvgIpc) is 2.59. The maximum Gasteiger partial charge on any atom is 0.279 e. The third-order valence-corrected chi connectivity index (χ3v) is 3.90. The van der Waals surface area contributed by atoms with Crippen molar-refractivity contribution >= 4 is 29.1 Å². The third-order valence-electron chi connectivity index (χ3n) is 3.67. The Labute approximate surface area is 146 Å². The summed E-state index contributed by atoms with van der Waals surface area (Å²) in [5, 5.41) is 7.98. The Morgan fingerprint density at radius 2 is 1.92 bits per heavy atom. The Balaban J connectivity index is 1.90. The van der Waals surface area contributed by atoms with Crippen LogP contribution in [-0.2, 0) is 4.79 Å². The number of nitrogens with one attached hydrogen (secondary N) is 2. The van der Waals surface area contributed by atoms with Crippen molar-refractivity contribution in [3.63, 3.8) is 0 Å². The fourth-order valence-corrected chi connectivity index (χ4v) is 2.50. The molecule has 126 valence electrons. The number of amides is 2. The molecule has 0 radical (unpaired) electrons. The molecule has 0 aliphatic rings. The molecule has 0 bridgehead atoms. The molecule has 6 heteroatoms. The quantitative estimate of drug-likeness (QED) is 0.748. The van der Waals surface area contributed by atoms with Crippen LogP contribution in [-0.4, -0.2) is 25.4 Å². The number of carbonyl (C=O) groups is 2. The summed E-state index contributed by atoms with van der Waals surface area (Å²) in [6.45, 7) is 2.29. The van der Waals surface area contributed by atoms with Gasteiger partial charge in [0.2, 0.25) is 0 Å². The molecule has 0 heterocycles. The van der Waals surface area contributed by atoms with Crippen LogP contribution in [0.3, 0.4) is 0 Å². The van der Waals surface area contributed by atoms with Gasteiger partial charge in [0.05, 0.1) is 0 Å². The van der Waals surface area contributed by atoms with Gasteiger partial charge in [0.1, 0.15) is 6.04 Å². The molecule has 0 aromatic heterocycles. The predicted molar refractivity (Wildman–Crippen MR) is 95.1 cm³/mol. The summed E-state index contributed by atoms with van der Waals surface area (Å²) in [7, 11) is 1.57. The zero-order chi connectivity index (χ0) is 17.5. The van der Waals surface area contributed by atoms with Crippen molar-refractivity contribution < 1.29 is 14.9 Å². The highest BCUT2D eigenvalue weighted by Gasteiger charge is 2.12. The minimum Gasteiger partial charge on any atom is -0.355 e. The molecule has 0 aliphatic carbocycles. The Bertz CT molecular complexity index is 734. The van der Waals surface area contributed by atoms with Gasteiger partial charge in [0.15, 0.2) is 6.54 Å². The van der Waals surface area contributed by atoms with E-state index in [2.05, 4.69) is 10.6 Å². The largest absolute Gasteiger partial charge is 0.355 e. The van der Waals surface area contributed by atoms with Crippen LogP contribution >= 0.6 is 11.6 Å². The van der Waals surface area contributed by atoms with Crippen LogP contribution in [0.1, 0.15) is 28.9 Å². The maximum atomic E-state index is 12.1. The lowest BCUT2D eigenvalue weighted by Gasteiger charge is -2.12. The molecular formula is C18H21ClN3O2+. The molecule has 2 amide bonds. The zero-order valence-electron chi connectivity index (χ0n) is 13.7. The van der Waals surface area contributed by atoms with Gasteiger partial charge in [-0.3, -0.25) is 9.59 Å². The molecule has 2 rings (SSSR count). The summed E-state index contributed by atoms with van der Waals surface area (Å²) < 4.78 is 0. The molecule has 0 saturated heterocycles. The zero-order valence-corrected chi connectivity index (χ0v) is 14.4. The number of benzene rings is 2. The number of nitrogens with two attached hydrogens (primary N) is 1. The van der Waals surface area contributed by atoms with Crippen LogP contribution in [0.4, 0.5) is 5.69 Å². The Hall–Kier alpha value is -2.37. The topological polar surface area (TPSA) is 74.8 Å². The van der Waals surface area contributed by atoms with Gasteiger partial charge >= 0.3 is 0 Å². The second-order valence-electron chi connectivity index (χ2n) is 5.49. The lowest BCUT2D eigenvalue weighted by Crippen LogP contribution is -2.86. The Kier molecular flexibility index (Phi) is 6.35. The number of quaternary nitrogens is 1. The number of carbonyl (C=O) groups excluding carboxylic acids is 2. The molecule has 0 unspecified atom stereocenters. The molecule has 0 aliphatic heterocycles. The highest BCUT2D eigenvalue weighted by molar-refractivity contribution is 6.30. The summed E-state index contributed by atoms with van der Waals surface area (Å²) in [6, 6.07) is 14.6. The monoisotopic (exact) mass is 346 g/mol. The van der Waals surface area contributed by atoms with Crippen molar-refractivity contribution in [1.82, 2.24) is 5.32 Å². The minimum atomic E-state index is -0.188. The molecule has 2 aromatic rings. The standard InChI is InChI=1S/C18H20ClN3O2/c1-12(13-5-3-7-15(19)9-13)21-11-17(23)22-16-8-4-6-14(10-16)18(24)20-2/h3-10,12,21H,11H2,1-2H3,(H,20,24)(H,22,23)/p+1/t12-/m1/s1. The first-order valence-corrected chi connectivity index (χ1v) is 8.08. The van der Waals surface area contributed by atoms with Crippen molar-refractivity contribution in [2.24, 2.45) is 0 Å². The van der Waals surface area contributed by atoms with Gasteiger partial charge in [-0.2, -0.15) is 0 Å². The van der Waals surface area contributed by atoms with Crippen molar-refractivity contribution in [3.05, 3.63) is 64.7 Å².